The van der Waals surface area contributed by atoms with E-state index in [2.05, 4.69) is 23.5 Å². The number of carbonyl (C=O) groups is 2. The number of benzene rings is 3. The van der Waals surface area contributed by atoms with E-state index in [4.69, 9.17) is 0 Å². The molecule has 4 nitrogen and oxygen atoms in total. The Kier molecular flexibility index (Phi) is 5.43. The van der Waals surface area contributed by atoms with Crippen molar-refractivity contribution in [3.63, 3.8) is 0 Å². The first-order valence-corrected chi connectivity index (χ1v) is 9.95. The second kappa shape index (κ2) is 8.31. The number of aryl methyl sites for hydroxylation is 1. The Balaban J connectivity index is 1.46. The van der Waals surface area contributed by atoms with Gasteiger partial charge in [0.05, 0.1) is 6.04 Å². The molecule has 1 N–H and O–H groups in total. The zero-order valence-corrected chi connectivity index (χ0v) is 16.5. The van der Waals surface area contributed by atoms with Crippen molar-refractivity contribution in [1.29, 1.82) is 0 Å². The summed E-state index contributed by atoms with van der Waals surface area (Å²) in [5.74, 6) is -0.173. The average Bonchev–Trinajstić information content (AvgIpc) is 2.79. The molecule has 29 heavy (non-hydrogen) atoms. The van der Waals surface area contributed by atoms with E-state index in [9.17, 15) is 9.59 Å². The second-order valence-corrected chi connectivity index (χ2v) is 7.42. The lowest BCUT2D eigenvalue weighted by Crippen LogP contribution is -2.33. The van der Waals surface area contributed by atoms with E-state index >= 15 is 0 Å². The van der Waals surface area contributed by atoms with Crippen molar-refractivity contribution >= 4 is 17.5 Å². The SMILES string of the molecule is CN(C(=O)c1ccc(NC(=O)c2ccccc2)cc1)C1CCCc2ccccc21. The number of rotatable bonds is 4. The van der Waals surface area contributed by atoms with E-state index in [-0.39, 0.29) is 17.9 Å². The minimum atomic E-state index is -0.166. The number of nitrogens with one attached hydrogen (secondary N) is 1. The molecule has 2 amide bonds. The summed E-state index contributed by atoms with van der Waals surface area (Å²) in [6.07, 6.45) is 3.14. The van der Waals surface area contributed by atoms with Crippen LogP contribution in [0.15, 0.2) is 78.9 Å². The van der Waals surface area contributed by atoms with Gasteiger partial charge in [0.2, 0.25) is 0 Å². The quantitative estimate of drug-likeness (QED) is 0.681. The lowest BCUT2D eigenvalue weighted by Gasteiger charge is -2.33. The molecule has 1 unspecified atom stereocenters. The van der Waals surface area contributed by atoms with Gasteiger partial charge in [0.1, 0.15) is 0 Å². The highest BCUT2D eigenvalue weighted by atomic mass is 16.2. The molecule has 1 aliphatic rings. The molecule has 4 rings (SSSR count). The predicted octanol–water partition coefficient (Wildman–Crippen LogP) is 5.09. The Morgan fingerprint density at radius 2 is 1.55 bits per heavy atom. The average molecular weight is 384 g/mol. The highest BCUT2D eigenvalue weighted by molar-refractivity contribution is 6.04. The van der Waals surface area contributed by atoms with E-state index in [1.165, 1.54) is 11.1 Å². The largest absolute Gasteiger partial charge is 0.335 e. The Morgan fingerprint density at radius 1 is 0.862 bits per heavy atom. The molecule has 0 fully saturated rings. The zero-order valence-electron chi connectivity index (χ0n) is 16.5. The van der Waals surface area contributed by atoms with Gasteiger partial charge in [-0.05, 0) is 66.8 Å². The van der Waals surface area contributed by atoms with Crippen molar-refractivity contribution in [2.24, 2.45) is 0 Å². The number of fused-ring (bicyclic) bond motifs is 1. The molecule has 0 aliphatic heterocycles. The van der Waals surface area contributed by atoms with Crippen LogP contribution in [0.1, 0.15) is 50.7 Å². The minimum Gasteiger partial charge on any atom is -0.335 e. The summed E-state index contributed by atoms with van der Waals surface area (Å²) in [6.45, 7) is 0. The van der Waals surface area contributed by atoms with E-state index in [0.29, 0.717) is 16.8 Å². The van der Waals surface area contributed by atoms with Gasteiger partial charge in [-0.15, -0.1) is 0 Å². The van der Waals surface area contributed by atoms with Crippen molar-refractivity contribution in [3.05, 3.63) is 101 Å². The first-order chi connectivity index (χ1) is 14.1. The first kappa shape index (κ1) is 18.9. The molecule has 146 valence electrons. The molecule has 0 aromatic heterocycles. The fourth-order valence-electron chi connectivity index (χ4n) is 3.96. The summed E-state index contributed by atoms with van der Waals surface area (Å²) in [5, 5.41) is 2.87. The molecule has 0 spiro atoms. The molecule has 0 heterocycles. The van der Waals surface area contributed by atoms with Crippen LogP contribution >= 0.6 is 0 Å². The molecule has 0 bridgehead atoms. The molecular weight excluding hydrogens is 360 g/mol. The number of nitrogens with zero attached hydrogens (tertiary/aromatic N) is 1. The topological polar surface area (TPSA) is 49.4 Å². The minimum absolute atomic E-state index is 0.00682. The first-order valence-electron chi connectivity index (χ1n) is 9.95. The third-order valence-corrected chi connectivity index (χ3v) is 5.55. The molecule has 0 saturated carbocycles. The second-order valence-electron chi connectivity index (χ2n) is 7.42. The molecule has 0 radical (unpaired) electrons. The summed E-state index contributed by atoms with van der Waals surface area (Å²) in [5.41, 5.74) is 4.47. The Morgan fingerprint density at radius 3 is 2.31 bits per heavy atom. The Hall–Kier alpha value is -3.40. The van der Waals surface area contributed by atoms with Crippen LogP contribution in [-0.2, 0) is 6.42 Å². The van der Waals surface area contributed by atoms with E-state index < -0.39 is 0 Å². The number of hydrogen-bond donors (Lipinski definition) is 1. The summed E-state index contributed by atoms with van der Waals surface area (Å²) in [6, 6.07) is 24.7. The summed E-state index contributed by atoms with van der Waals surface area (Å²) in [7, 11) is 1.88. The number of amides is 2. The van der Waals surface area contributed by atoms with E-state index in [1.807, 2.05) is 36.2 Å². The van der Waals surface area contributed by atoms with Crippen LogP contribution in [0.25, 0.3) is 0 Å². The van der Waals surface area contributed by atoms with Gasteiger partial charge in [-0.2, -0.15) is 0 Å². The fourth-order valence-corrected chi connectivity index (χ4v) is 3.96. The van der Waals surface area contributed by atoms with Gasteiger partial charge < -0.3 is 10.2 Å². The van der Waals surface area contributed by atoms with Gasteiger partial charge in [-0.3, -0.25) is 9.59 Å². The molecule has 3 aromatic carbocycles. The van der Waals surface area contributed by atoms with Crippen molar-refractivity contribution in [1.82, 2.24) is 4.90 Å². The van der Waals surface area contributed by atoms with Crippen LogP contribution in [0.2, 0.25) is 0 Å². The lowest BCUT2D eigenvalue weighted by molar-refractivity contribution is 0.0715. The monoisotopic (exact) mass is 384 g/mol. The fraction of sp³-hybridized carbons (Fsp3) is 0.200. The standard InChI is InChI=1S/C25H24N2O2/c1-27(23-13-7-11-18-8-5-6-12-22(18)23)25(29)20-14-16-21(17-15-20)26-24(28)19-9-3-2-4-10-19/h2-6,8-10,12,14-17,23H,7,11,13H2,1H3,(H,26,28). The van der Waals surface area contributed by atoms with Gasteiger partial charge in [-0.25, -0.2) is 0 Å². The number of carbonyl (C=O) groups excluding carboxylic acids is 2. The molecule has 4 heteroatoms. The van der Waals surface area contributed by atoms with Gasteiger partial charge in [0.15, 0.2) is 0 Å². The highest BCUT2D eigenvalue weighted by Gasteiger charge is 2.27. The number of hydrogen-bond acceptors (Lipinski definition) is 2. The van der Waals surface area contributed by atoms with E-state index in [1.54, 1.807) is 36.4 Å². The normalized spacial score (nSPS) is 15.3. The predicted molar refractivity (Wildman–Crippen MR) is 115 cm³/mol. The van der Waals surface area contributed by atoms with Crippen LogP contribution in [-0.4, -0.2) is 23.8 Å². The third-order valence-electron chi connectivity index (χ3n) is 5.55. The Bertz CT molecular complexity index is 1010. The van der Waals surface area contributed by atoms with Crippen LogP contribution in [0.4, 0.5) is 5.69 Å². The molecule has 1 aliphatic carbocycles. The summed E-state index contributed by atoms with van der Waals surface area (Å²) < 4.78 is 0. The van der Waals surface area contributed by atoms with Crippen LogP contribution in [0.3, 0.4) is 0 Å². The summed E-state index contributed by atoms with van der Waals surface area (Å²) in [4.78, 5) is 27.2. The maximum Gasteiger partial charge on any atom is 0.255 e. The van der Waals surface area contributed by atoms with E-state index in [0.717, 1.165) is 19.3 Å². The van der Waals surface area contributed by atoms with Gasteiger partial charge in [0, 0.05) is 23.9 Å². The van der Waals surface area contributed by atoms with Crippen molar-refractivity contribution in [2.45, 2.75) is 25.3 Å². The van der Waals surface area contributed by atoms with Gasteiger partial charge in [0.25, 0.3) is 11.8 Å². The smallest absolute Gasteiger partial charge is 0.255 e. The van der Waals surface area contributed by atoms with Crippen LogP contribution in [0, 0.1) is 0 Å². The third kappa shape index (κ3) is 4.06. The lowest BCUT2D eigenvalue weighted by atomic mass is 9.87. The van der Waals surface area contributed by atoms with Gasteiger partial charge in [-0.1, -0.05) is 42.5 Å². The molecule has 0 saturated heterocycles. The Labute approximate surface area is 171 Å². The maximum absolute atomic E-state index is 13.0. The van der Waals surface area contributed by atoms with Crippen molar-refractivity contribution < 1.29 is 9.59 Å². The highest BCUT2D eigenvalue weighted by Crippen LogP contribution is 2.34. The van der Waals surface area contributed by atoms with Crippen LogP contribution < -0.4 is 5.32 Å². The summed E-state index contributed by atoms with van der Waals surface area (Å²) >= 11 is 0. The zero-order chi connectivity index (χ0) is 20.2. The van der Waals surface area contributed by atoms with Crippen LogP contribution in [0.5, 0.6) is 0 Å². The van der Waals surface area contributed by atoms with Crippen molar-refractivity contribution in [3.8, 4) is 0 Å². The molecule has 3 aromatic rings. The van der Waals surface area contributed by atoms with Gasteiger partial charge >= 0.3 is 0 Å². The maximum atomic E-state index is 13.0. The molecular formula is C25H24N2O2. The molecule has 1 atom stereocenters. The van der Waals surface area contributed by atoms with Crippen molar-refractivity contribution in [2.75, 3.05) is 12.4 Å². The number of anilines is 1.